The number of hydrogen-bond donors (Lipinski definition) is 1. The fourth-order valence-electron chi connectivity index (χ4n) is 1.98. The van der Waals surface area contributed by atoms with Gasteiger partial charge in [0, 0.05) is 18.5 Å². The summed E-state index contributed by atoms with van der Waals surface area (Å²) in [6.07, 6.45) is 2.64. The monoisotopic (exact) mass is 329 g/mol. The highest BCUT2D eigenvalue weighted by Crippen LogP contribution is 2.23. The van der Waals surface area contributed by atoms with Crippen molar-refractivity contribution in [1.29, 1.82) is 0 Å². The number of nitrogens with one attached hydrogen (secondary N) is 1. The molecule has 1 aliphatic heterocycles. The average molecular weight is 330 g/mol. The lowest BCUT2D eigenvalue weighted by Gasteiger charge is -2.22. The fourth-order valence-corrected chi connectivity index (χ4v) is 3.59. The highest BCUT2D eigenvalue weighted by atomic mass is 79.9. The van der Waals surface area contributed by atoms with Gasteiger partial charge in [-0.15, -0.1) is 0 Å². The van der Waals surface area contributed by atoms with Gasteiger partial charge in [0.05, 0.1) is 0 Å². The first kappa shape index (κ1) is 14.1. The highest BCUT2D eigenvalue weighted by molar-refractivity contribution is 9.10. The van der Waals surface area contributed by atoms with E-state index in [1.807, 2.05) is 6.07 Å². The van der Waals surface area contributed by atoms with Gasteiger partial charge in [-0.25, -0.2) is 9.97 Å². The lowest BCUT2D eigenvalue weighted by Crippen LogP contribution is -2.20. The van der Waals surface area contributed by atoms with Crippen LogP contribution in [0.15, 0.2) is 10.7 Å². The summed E-state index contributed by atoms with van der Waals surface area (Å²) in [6, 6.07) is 1.96. The Kier molecular flexibility index (Phi) is 5.30. The van der Waals surface area contributed by atoms with Crippen molar-refractivity contribution in [3.05, 3.63) is 16.5 Å². The van der Waals surface area contributed by atoms with Gasteiger partial charge < -0.3 is 5.32 Å². The van der Waals surface area contributed by atoms with Gasteiger partial charge in [0.15, 0.2) is 0 Å². The number of hydrogen-bond acceptors (Lipinski definition) is 4. The Labute approximate surface area is 122 Å². The number of aromatic nitrogens is 2. The molecule has 0 atom stereocenters. The molecule has 0 bridgehead atoms. The van der Waals surface area contributed by atoms with Crippen molar-refractivity contribution < 1.29 is 0 Å². The molecular formula is C13H20BrN3S. The second kappa shape index (κ2) is 6.75. The van der Waals surface area contributed by atoms with Gasteiger partial charge >= 0.3 is 0 Å². The fraction of sp³-hybridized carbons (Fsp3) is 0.692. The van der Waals surface area contributed by atoms with E-state index < -0.39 is 0 Å². The average Bonchev–Trinajstić information content (AvgIpc) is 2.37. The van der Waals surface area contributed by atoms with E-state index in [-0.39, 0.29) is 0 Å². The van der Waals surface area contributed by atoms with E-state index in [9.17, 15) is 0 Å². The Morgan fingerprint density at radius 3 is 2.78 bits per heavy atom. The summed E-state index contributed by atoms with van der Waals surface area (Å²) >= 11 is 5.52. The van der Waals surface area contributed by atoms with E-state index in [1.54, 1.807) is 0 Å². The third-order valence-corrected chi connectivity index (χ3v) is 4.60. The van der Waals surface area contributed by atoms with Crippen LogP contribution in [0.3, 0.4) is 0 Å². The Morgan fingerprint density at radius 2 is 2.11 bits per heavy atom. The van der Waals surface area contributed by atoms with E-state index in [2.05, 4.69) is 56.8 Å². The number of anilines is 1. The lowest BCUT2D eigenvalue weighted by atomic mass is 10.0. The first-order valence-electron chi connectivity index (χ1n) is 6.51. The molecule has 1 aliphatic rings. The molecule has 0 aliphatic carbocycles. The van der Waals surface area contributed by atoms with Crippen molar-refractivity contribution in [2.24, 2.45) is 5.92 Å². The zero-order valence-corrected chi connectivity index (χ0v) is 13.4. The summed E-state index contributed by atoms with van der Waals surface area (Å²) in [5.41, 5.74) is 0. The number of halogens is 1. The standard InChI is InChI=1S/C13H20BrN3S/c1-9(2)13-16-11(14)7-12(17-13)15-8-10-3-5-18-6-4-10/h7,9-10H,3-6,8H2,1-2H3,(H,15,16,17). The molecule has 0 radical (unpaired) electrons. The van der Waals surface area contributed by atoms with Crippen molar-refractivity contribution in [3.8, 4) is 0 Å². The molecule has 1 saturated heterocycles. The predicted molar refractivity (Wildman–Crippen MR) is 82.4 cm³/mol. The molecule has 5 heteroatoms. The molecule has 1 N–H and O–H groups in total. The summed E-state index contributed by atoms with van der Waals surface area (Å²) in [5.74, 6) is 5.59. The second-order valence-electron chi connectivity index (χ2n) is 5.03. The molecule has 0 spiro atoms. The van der Waals surface area contributed by atoms with Crippen LogP contribution in [0.25, 0.3) is 0 Å². The van der Waals surface area contributed by atoms with E-state index >= 15 is 0 Å². The van der Waals surface area contributed by atoms with Crippen LogP contribution < -0.4 is 5.32 Å². The molecule has 2 heterocycles. The largest absolute Gasteiger partial charge is 0.370 e. The van der Waals surface area contributed by atoms with E-state index in [4.69, 9.17) is 0 Å². The van der Waals surface area contributed by atoms with Gasteiger partial charge in [-0.3, -0.25) is 0 Å². The van der Waals surface area contributed by atoms with Crippen LogP contribution in [0.5, 0.6) is 0 Å². The van der Waals surface area contributed by atoms with Gasteiger partial charge in [0.2, 0.25) is 0 Å². The summed E-state index contributed by atoms with van der Waals surface area (Å²) in [6.45, 7) is 5.26. The van der Waals surface area contributed by atoms with E-state index in [1.165, 1.54) is 24.3 Å². The van der Waals surface area contributed by atoms with Crippen LogP contribution in [0.1, 0.15) is 38.4 Å². The third kappa shape index (κ3) is 4.12. The zero-order valence-electron chi connectivity index (χ0n) is 10.9. The molecule has 0 amide bonds. The van der Waals surface area contributed by atoms with Gasteiger partial charge in [-0.05, 0) is 46.2 Å². The number of thioether (sulfide) groups is 1. The first-order valence-corrected chi connectivity index (χ1v) is 8.46. The van der Waals surface area contributed by atoms with Crippen molar-refractivity contribution in [3.63, 3.8) is 0 Å². The minimum atomic E-state index is 0.356. The van der Waals surface area contributed by atoms with Crippen LogP contribution in [0.2, 0.25) is 0 Å². The SMILES string of the molecule is CC(C)c1nc(Br)cc(NCC2CCSCC2)n1. The summed E-state index contributed by atoms with van der Waals surface area (Å²) in [7, 11) is 0. The molecule has 0 saturated carbocycles. The van der Waals surface area contributed by atoms with Crippen LogP contribution in [-0.2, 0) is 0 Å². The molecule has 0 aromatic carbocycles. The van der Waals surface area contributed by atoms with Crippen LogP contribution in [0, 0.1) is 5.92 Å². The van der Waals surface area contributed by atoms with Crippen LogP contribution >= 0.6 is 27.7 Å². The topological polar surface area (TPSA) is 37.8 Å². The summed E-state index contributed by atoms with van der Waals surface area (Å²) in [4.78, 5) is 8.95. The van der Waals surface area contributed by atoms with Crippen molar-refractivity contribution in [1.82, 2.24) is 9.97 Å². The van der Waals surface area contributed by atoms with E-state index in [0.29, 0.717) is 5.92 Å². The van der Waals surface area contributed by atoms with Crippen molar-refractivity contribution in [2.45, 2.75) is 32.6 Å². The van der Waals surface area contributed by atoms with Gasteiger partial charge in [0.1, 0.15) is 16.2 Å². The van der Waals surface area contributed by atoms with Crippen LogP contribution in [0.4, 0.5) is 5.82 Å². The summed E-state index contributed by atoms with van der Waals surface area (Å²) < 4.78 is 0.864. The quantitative estimate of drug-likeness (QED) is 0.849. The minimum absolute atomic E-state index is 0.356. The maximum absolute atomic E-state index is 4.56. The number of nitrogens with zero attached hydrogens (tertiary/aromatic N) is 2. The smallest absolute Gasteiger partial charge is 0.134 e. The lowest BCUT2D eigenvalue weighted by molar-refractivity contribution is 0.515. The van der Waals surface area contributed by atoms with Gasteiger partial charge in [0.25, 0.3) is 0 Å². The van der Waals surface area contributed by atoms with Gasteiger partial charge in [-0.2, -0.15) is 11.8 Å². The minimum Gasteiger partial charge on any atom is -0.370 e. The zero-order chi connectivity index (χ0) is 13.0. The molecule has 1 fully saturated rings. The molecular weight excluding hydrogens is 310 g/mol. The Morgan fingerprint density at radius 1 is 1.39 bits per heavy atom. The van der Waals surface area contributed by atoms with Gasteiger partial charge in [-0.1, -0.05) is 13.8 Å². The highest BCUT2D eigenvalue weighted by Gasteiger charge is 2.14. The second-order valence-corrected chi connectivity index (χ2v) is 7.06. The summed E-state index contributed by atoms with van der Waals surface area (Å²) in [5, 5.41) is 3.46. The number of rotatable bonds is 4. The maximum Gasteiger partial charge on any atom is 0.134 e. The molecule has 0 unspecified atom stereocenters. The Balaban J connectivity index is 1.95. The Hall–Kier alpha value is -0.290. The molecule has 3 nitrogen and oxygen atoms in total. The van der Waals surface area contributed by atoms with Crippen molar-refractivity contribution >= 4 is 33.5 Å². The normalized spacial score (nSPS) is 17.1. The predicted octanol–water partition coefficient (Wildman–Crippen LogP) is 3.92. The first-order chi connectivity index (χ1) is 8.65. The molecule has 1 aromatic rings. The third-order valence-electron chi connectivity index (χ3n) is 3.14. The molecule has 1 aromatic heterocycles. The van der Waals surface area contributed by atoms with Crippen LogP contribution in [-0.4, -0.2) is 28.0 Å². The molecule has 2 rings (SSSR count). The van der Waals surface area contributed by atoms with E-state index in [0.717, 1.165) is 28.7 Å². The molecule has 18 heavy (non-hydrogen) atoms. The maximum atomic E-state index is 4.56. The van der Waals surface area contributed by atoms with Crippen molar-refractivity contribution in [2.75, 3.05) is 23.4 Å². The molecule has 100 valence electrons. The Bertz CT molecular complexity index is 392.